The lowest BCUT2D eigenvalue weighted by Crippen LogP contribution is -2.49. The zero-order valence-electron chi connectivity index (χ0n) is 16.7. The number of rotatable bonds is 5. The lowest BCUT2D eigenvalue weighted by Gasteiger charge is -2.34. The monoisotopic (exact) mass is 347 g/mol. The molecule has 1 aliphatic heterocycles. The predicted molar refractivity (Wildman–Crippen MR) is 101 cm³/mol. The molecule has 1 saturated heterocycles. The number of Topliss-reactive ketones (excluding diaryl/α,β-unsaturated/α-hetero) is 1. The molecule has 1 amide bonds. The Kier molecular flexibility index (Phi) is 6.09. The van der Waals surface area contributed by atoms with Gasteiger partial charge in [-0.15, -0.1) is 0 Å². The van der Waals surface area contributed by atoms with Gasteiger partial charge in [-0.05, 0) is 47.1 Å². The Balaban J connectivity index is 1.99. The van der Waals surface area contributed by atoms with Gasteiger partial charge in [-0.25, -0.2) is 0 Å². The van der Waals surface area contributed by atoms with E-state index in [2.05, 4.69) is 37.2 Å². The van der Waals surface area contributed by atoms with Crippen LogP contribution < -0.4 is 0 Å². The lowest BCUT2D eigenvalue weighted by atomic mass is 10.1. The highest BCUT2D eigenvalue weighted by Crippen LogP contribution is 2.25. The molecular formula is C20H33N3O2. The molecular weight excluding hydrogens is 314 g/mol. The summed E-state index contributed by atoms with van der Waals surface area (Å²) in [4.78, 5) is 28.9. The lowest BCUT2D eigenvalue weighted by molar-refractivity contribution is -0.132. The van der Waals surface area contributed by atoms with Crippen molar-refractivity contribution in [3.8, 4) is 0 Å². The molecule has 0 aromatic carbocycles. The SMILES string of the molecule is CCCC(=O)N1CCN(CC(=O)c2cc(C)n(C(C)(C)C)c2C)CC1. The van der Waals surface area contributed by atoms with Gasteiger partial charge in [0.1, 0.15) is 0 Å². The van der Waals surface area contributed by atoms with Crippen LogP contribution in [0.15, 0.2) is 6.07 Å². The van der Waals surface area contributed by atoms with Crippen molar-refractivity contribution in [2.24, 2.45) is 0 Å². The summed E-state index contributed by atoms with van der Waals surface area (Å²) >= 11 is 0. The second kappa shape index (κ2) is 7.73. The minimum absolute atomic E-state index is 0.0298. The Hall–Kier alpha value is -1.62. The largest absolute Gasteiger partial charge is 0.343 e. The third-order valence-electron chi connectivity index (χ3n) is 4.96. The molecule has 1 aromatic heterocycles. The molecule has 0 saturated carbocycles. The molecule has 0 radical (unpaired) electrons. The maximum Gasteiger partial charge on any atom is 0.222 e. The third kappa shape index (κ3) is 4.51. The van der Waals surface area contributed by atoms with E-state index in [1.54, 1.807) is 0 Å². The minimum atomic E-state index is -0.0298. The van der Waals surface area contributed by atoms with Gasteiger partial charge in [0.2, 0.25) is 5.91 Å². The molecule has 140 valence electrons. The van der Waals surface area contributed by atoms with Gasteiger partial charge < -0.3 is 9.47 Å². The summed E-state index contributed by atoms with van der Waals surface area (Å²) < 4.78 is 2.24. The van der Waals surface area contributed by atoms with Crippen molar-refractivity contribution in [2.45, 2.75) is 59.9 Å². The standard InChI is InChI=1S/C20H33N3O2/c1-7-8-19(25)22-11-9-21(10-12-22)14-18(24)17-13-15(2)23(16(17)3)20(4,5)6/h13H,7-12,14H2,1-6H3. The summed E-state index contributed by atoms with van der Waals surface area (Å²) in [5, 5.41) is 0. The Morgan fingerprint density at radius 2 is 1.68 bits per heavy atom. The minimum Gasteiger partial charge on any atom is -0.343 e. The molecule has 1 aromatic rings. The number of carbonyl (C=O) groups is 2. The molecule has 1 aliphatic rings. The smallest absolute Gasteiger partial charge is 0.222 e. The van der Waals surface area contributed by atoms with E-state index in [0.717, 1.165) is 49.6 Å². The van der Waals surface area contributed by atoms with E-state index in [9.17, 15) is 9.59 Å². The number of hydrogen-bond donors (Lipinski definition) is 0. The summed E-state index contributed by atoms with van der Waals surface area (Å²) in [6.45, 7) is 16.1. The molecule has 25 heavy (non-hydrogen) atoms. The summed E-state index contributed by atoms with van der Waals surface area (Å²) in [6.07, 6.45) is 1.51. The first kappa shape index (κ1) is 19.7. The van der Waals surface area contributed by atoms with E-state index >= 15 is 0 Å². The third-order valence-corrected chi connectivity index (χ3v) is 4.96. The number of aromatic nitrogens is 1. The number of piperazine rings is 1. The second-order valence-corrected chi connectivity index (χ2v) is 8.12. The highest BCUT2D eigenvalue weighted by atomic mass is 16.2. The molecule has 0 atom stereocenters. The topological polar surface area (TPSA) is 45.6 Å². The van der Waals surface area contributed by atoms with Gasteiger partial charge >= 0.3 is 0 Å². The zero-order chi connectivity index (χ0) is 18.8. The number of nitrogens with zero attached hydrogens (tertiary/aromatic N) is 3. The van der Waals surface area contributed by atoms with Crippen LogP contribution in [-0.4, -0.2) is 58.8 Å². The molecule has 0 N–H and O–H groups in total. The van der Waals surface area contributed by atoms with Crippen LogP contribution in [0, 0.1) is 13.8 Å². The van der Waals surface area contributed by atoms with Gasteiger partial charge in [-0.1, -0.05) is 6.92 Å². The van der Waals surface area contributed by atoms with Gasteiger partial charge in [0, 0.05) is 55.1 Å². The van der Waals surface area contributed by atoms with Crippen molar-refractivity contribution in [2.75, 3.05) is 32.7 Å². The Labute approximate surface area is 152 Å². The normalized spacial score (nSPS) is 16.3. The summed E-state index contributed by atoms with van der Waals surface area (Å²) in [5.41, 5.74) is 2.98. The summed E-state index contributed by atoms with van der Waals surface area (Å²) in [6, 6.07) is 2.02. The molecule has 2 heterocycles. The fraction of sp³-hybridized carbons (Fsp3) is 0.700. The van der Waals surface area contributed by atoms with Crippen LogP contribution in [0.3, 0.4) is 0 Å². The molecule has 0 aliphatic carbocycles. The zero-order valence-corrected chi connectivity index (χ0v) is 16.7. The molecule has 0 unspecified atom stereocenters. The first-order valence-corrected chi connectivity index (χ1v) is 9.38. The molecule has 2 rings (SSSR count). The molecule has 5 nitrogen and oxygen atoms in total. The quantitative estimate of drug-likeness (QED) is 0.769. The van der Waals surface area contributed by atoms with Crippen molar-refractivity contribution in [1.82, 2.24) is 14.4 Å². The maximum atomic E-state index is 12.8. The van der Waals surface area contributed by atoms with Crippen LogP contribution in [0.5, 0.6) is 0 Å². The van der Waals surface area contributed by atoms with Crippen LogP contribution in [0.4, 0.5) is 0 Å². The van der Waals surface area contributed by atoms with E-state index < -0.39 is 0 Å². The molecule has 5 heteroatoms. The molecule has 1 fully saturated rings. The van der Waals surface area contributed by atoms with Crippen molar-refractivity contribution in [1.29, 1.82) is 0 Å². The van der Waals surface area contributed by atoms with Crippen molar-refractivity contribution in [3.05, 3.63) is 23.0 Å². The Morgan fingerprint density at radius 1 is 1.08 bits per heavy atom. The maximum absolute atomic E-state index is 12.8. The predicted octanol–water partition coefficient (Wildman–Crippen LogP) is 2.99. The second-order valence-electron chi connectivity index (χ2n) is 8.12. The highest BCUT2D eigenvalue weighted by Gasteiger charge is 2.26. The van der Waals surface area contributed by atoms with Crippen LogP contribution >= 0.6 is 0 Å². The van der Waals surface area contributed by atoms with Gasteiger partial charge in [-0.2, -0.15) is 0 Å². The van der Waals surface area contributed by atoms with E-state index in [1.165, 1.54) is 0 Å². The fourth-order valence-electron chi connectivity index (χ4n) is 3.89. The van der Waals surface area contributed by atoms with Crippen LogP contribution in [-0.2, 0) is 10.3 Å². The molecule has 0 spiro atoms. The first-order chi connectivity index (χ1) is 11.6. The Bertz CT molecular complexity index is 632. The van der Waals surface area contributed by atoms with Crippen molar-refractivity contribution in [3.63, 3.8) is 0 Å². The van der Waals surface area contributed by atoms with Crippen LogP contribution in [0.25, 0.3) is 0 Å². The summed E-state index contributed by atoms with van der Waals surface area (Å²) in [5.74, 6) is 0.416. The van der Waals surface area contributed by atoms with Crippen molar-refractivity contribution >= 4 is 11.7 Å². The molecule has 0 bridgehead atoms. The Morgan fingerprint density at radius 3 is 2.16 bits per heavy atom. The van der Waals surface area contributed by atoms with E-state index in [4.69, 9.17) is 0 Å². The number of amides is 1. The van der Waals surface area contributed by atoms with Gasteiger partial charge in [0.05, 0.1) is 6.54 Å². The number of hydrogen-bond acceptors (Lipinski definition) is 3. The average Bonchev–Trinajstić information content (AvgIpc) is 2.83. The van der Waals surface area contributed by atoms with Gasteiger partial charge in [-0.3, -0.25) is 14.5 Å². The number of aryl methyl sites for hydroxylation is 1. The number of carbonyl (C=O) groups excluding carboxylic acids is 2. The average molecular weight is 348 g/mol. The number of ketones is 1. The van der Waals surface area contributed by atoms with Crippen molar-refractivity contribution < 1.29 is 9.59 Å². The van der Waals surface area contributed by atoms with Crippen LogP contribution in [0.2, 0.25) is 0 Å². The van der Waals surface area contributed by atoms with Gasteiger partial charge in [0.25, 0.3) is 0 Å². The van der Waals surface area contributed by atoms with E-state index in [1.807, 2.05) is 24.8 Å². The first-order valence-electron chi connectivity index (χ1n) is 9.38. The van der Waals surface area contributed by atoms with E-state index in [-0.39, 0.29) is 17.2 Å². The fourth-order valence-corrected chi connectivity index (χ4v) is 3.89. The van der Waals surface area contributed by atoms with Gasteiger partial charge in [0.15, 0.2) is 5.78 Å². The van der Waals surface area contributed by atoms with E-state index in [0.29, 0.717) is 13.0 Å². The highest BCUT2D eigenvalue weighted by molar-refractivity contribution is 5.99. The van der Waals surface area contributed by atoms with Crippen LogP contribution in [0.1, 0.15) is 62.3 Å². The summed E-state index contributed by atoms with van der Waals surface area (Å²) in [7, 11) is 0.